The highest BCUT2D eigenvalue weighted by atomic mass is 16.4. The maximum atomic E-state index is 11.0. The minimum absolute atomic E-state index is 0.0856. The van der Waals surface area contributed by atoms with Crippen LogP contribution < -0.4 is 0 Å². The molecule has 0 atom stereocenters. The summed E-state index contributed by atoms with van der Waals surface area (Å²) in [5, 5.41) is 25.6. The normalized spacial score (nSPS) is 10.4. The minimum atomic E-state index is -1.12. The molecule has 2 N–H and O–H groups in total. The Balaban J connectivity index is 2.59. The number of phenols is 1. The summed E-state index contributed by atoms with van der Waals surface area (Å²) in [6, 6.07) is 6.25. The van der Waals surface area contributed by atoms with Crippen LogP contribution in [0.1, 0.15) is 17.4 Å². The zero-order chi connectivity index (χ0) is 12.4. The predicted octanol–water partition coefficient (Wildman–Crippen LogP) is 1.37. The summed E-state index contributed by atoms with van der Waals surface area (Å²) in [6.07, 6.45) is 0. The molecule has 1 aromatic carbocycles. The van der Waals surface area contributed by atoms with Crippen LogP contribution in [-0.4, -0.2) is 31.2 Å². The third-order valence-corrected chi connectivity index (χ3v) is 2.38. The lowest BCUT2D eigenvalue weighted by atomic mass is 10.1. The van der Waals surface area contributed by atoms with Crippen LogP contribution in [0, 0.1) is 0 Å². The number of carboxylic acid groups (broad SMARTS) is 1. The van der Waals surface area contributed by atoms with Crippen LogP contribution >= 0.6 is 0 Å². The lowest BCUT2D eigenvalue weighted by Crippen LogP contribution is -2.03. The molecule has 0 amide bonds. The average Bonchev–Trinajstić information content (AvgIpc) is 2.73. The van der Waals surface area contributed by atoms with E-state index in [4.69, 9.17) is 5.11 Å². The number of carboxylic acids is 1. The summed E-state index contributed by atoms with van der Waals surface area (Å²) in [6.45, 7) is 2.38. The van der Waals surface area contributed by atoms with Gasteiger partial charge >= 0.3 is 5.97 Å². The standard InChI is InChI=1S/C11H11N3O3/c1-2-14-10(9(11(16)17)12-13-14)7-3-5-8(15)6-4-7/h3-6,15H,2H2,1H3,(H,16,17). The smallest absolute Gasteiger partial charge is 0.358 e. The molecule has 0 aliphatic carbocycles. The third kappa shape index (κ3) is 1.96. The number of aryl methyl sites for hydroxylation is 1. The topological polar surface area (TPSA) is 88.2 Å². The van der Waals surface area contributed by atoms with Gasteiger partial charge in [0.1, 0.15) is 11.4 Å². The van der Waals surface area contributed by atoms with E-state index in [2.05, 4.69) is 10.3 Å². The summed E-state index contributed by atoms with van der Waals surface area (Å²) in [7, 11) is 0. The van der Waals surface area contributed by atoms with E-state index in [9.17, 15) is 9.90 Å². The molecule has 0 fully saturated rings. The molecule has 88 valence electrons. The van der Waals surface area contributed by atoms with Gasteiger partial charge < -0.3 is 10.2 Å². The number of hydrogen-bond donors (Lipinski definition) is 2. The fraction of sp³-hybridized carbons (Fsp3) is 0.182. The van der Waals surface area contributed by atoms with Gasteiger partial charge in [-0.2, -0.15) is 0 Å². The van der Waals surface area contributed by atoms with Crippen LogP contribution in [0.5, 0.6) is 5.75 Å². The number of aromatic nitrogens is 3. The number of phenolic OH excluding ortho intramolecular Hbond substituents is 1. The molecule has 0 radical (unpaired) electrons. The Kier molecular flexibility index (Phi) is 2.78. The second-order valence-corrected chi connectivity index (χ2v) is 3.45. The Morgan fingerprint density at radius 2 is 2.00 bits per heavy atom. The molecule has 0 spiro atoms. The van der Waals surface area contributed by atoms with Gasteiger partial charge in [-0.1, -0.05) is 5.21 Å². The van der Waals surface area contributed by atoms with Crippen LogP contribution in [0.4, 0.5) is 0 Å². The lowest BCUT2D eigenvalue weighted by molar-refractivity contribution is 0.0691. The van der Waals surface area contributed by atoms with Crippen LogP contribution in [0.25, 0.3) is 11.3 Å². The highest BCUT2D eigenvalue weighted by molar-refractivity contribution is 5.92. The number of rotatable bonds is 3. The van der Waals surface area contributed by atoms with Crippen molar-refractivity contribution in [1.82, 2.24) is 15.0 Å². The van der Waals surface area contributed by atoms with E-state index in [1.165, 1.54) is 16.8 Å². The summed E-state index contributed by atoms with van der Waals surface area (Å²) in [5.41, 5.74) is 1.02. The van der Waals surface area contributed by atoms with Crippen LogP contribution in [0.2, 0.25) is 0 Å². The lowest BCUT2D eigenvalue weighted by Gasteiger charge is -2.04. The first-order chi connectivity index (χ1) is 8.13. The Bertz CT molecular complexity index is 546. The van der Waals surface area contributed by atoms with E-state index in [0.717, 1.165) is 0 Å². The first-order valence-electron chi connectivity index (χ1n) is 5.09. The summed E-state index contributed by atoms with van der Waals surface area (Å²) in [4.78, 5) is 11.0. The molecule has 0 aliphatic rings. The monoisotopic (exact) mass is 233 g/mol. The van der Waals surface area contributed by atoms with E-state index >= 15 is 0 Å². The summed E-state index contributed by atoms with van der Waals surface area (Å²) < 4.78 is 1.51. The van der Waals surface area contributed by atoms with Crippen molar-refractivity contribution in [1.29, 1.82) is 0 Å². The number of aromatic hydroxyl groups is 1. The van der Waals surface area contributed by atoms with Crippen molar-refractivity contribution in [2.24, 2.45) is 0 Å². The van der Waals surface area contributed by atoms with Gasteiger partial charge in [-0.3, -0.25) is 0 Å². The molecule has 0 saturated heterocycles. The van der Waals surface area contributed by atoms with Gasteiger partial charge in [-0.25, -0.2) is 9.48 Å². The maximum Gasteiger partial charge on any atom is 0.358 e. The molecule has 0 unspecified atom stereocenters. The van der Waals surface area contributed by atoms with Crippen molar-refractivity contribution < 1.29 is 15.0 Å². The van der Waals surface area contributed by atoms with Crippen molar-refractivity contribution in [2.45, 2.75) is 13.5 Å². The second-order valence-electron chi connectivity index (χ2n) is 3.45. The molecule has 6 nitrogen and oxygen atoms in total. The Labute approximate surface area is 97.1 Å². The Morgan fingerprint density at radius 1 is 1.35 bits per heavy atom. The molecule has 17 heavy (non-hydrogen) atoms. The second kappa shape index (κ2) is 4.25. The van der Waals surface area contributed by atoms with Gasteiger partial charge in [0.2, 0.25) is 0 Å². The first-order valence-corrected chi connectivity index (χ1v) is 5.09. The summed E-state index contributed by atoms with van der Waals surface area (Å²) >= 11 is 0. The average molecular weight is 233 g/mol. The Hall–Kier alpha value is -2.37. The molecule has 2 aromatic rings. The molecular weight excluding hydrogens is 222 g/mol. The number of aromatic carboxylic acids is 1. The van der Waals surface area contributed by atoms with Gasteiger partial charge in [0.05, 0.1) is 0 Å². The van der Waals surface area contributed by atoms with E-state index in [0.29, 0.717) is 17.8 Å². The first kappa shape index (κ1) is 11.1. The Morgan fingerprint density at radius 3 is 2.53 bits per heavy atom. The van der Waals surface area contributed by atoms with Gasteiger partial charge in [0.25, 0.3) is 0 Å². The van der Waals surface area contributed by atoms with Crippen molar-refractivity contribution in [3.63, 3.8) is 0 Å². The molecule has 0 saturated carbocycles. The number of benzene rings is 1. The third-order valence-electron chi connectivity index (χ3n) is 2.38. The largest absolute Gasteiger partial charge is 0.508 e. The van der Waals surface area contributed by atoms with Crippen LogP contribution in [0.3, 0.4) is 0 Å². The zero-order valence-electron chi connectivity index (χ0n) is 9.16. The molecule has 2 rings (SSSR count). The zero-order valence-corrected chi connectivity index (χ0v) is 9.16. The minimum Gasteiger partial charge on any atom is -0.508 e. The SMILES string of the molecule is CCn1nnc(C(=O)O)c1-c1ccc(O)cc1. The van der Waals surface area contributed by atoms with E-state index in [1.54, 1.807) is 12.1 Å². The van der Waals surface area contributed by atoms with Crippen LogP contribution in [-0.2, 0) is 6.54 Å². The highest BCUT2D eigenvalue weighted by Crippen LogP contribution is 2.24. The van der Waals surface area contributed by atoms with Gasteiger partial charge in [-0.15, -0.1) is 5.10 Å². The molecule has 1 aromatic heterocycles. The van der Waals surface area contributed by atoms with E-state index < -0.39 is 5.97 Å². The van der Waals surface area contributed by atoms with Crippen molar-refractivity contribution in [3.8, 4) is 17.0 Å². The number of nitrogens with zero attached hydrogens (tertiary/aromatic N) is 3. The quantitative estimate of drug-likeness (QED) is 0.835. The number of carbonyl (C=O) groups is 1. The molecular formula is C11H11N3O3. The predicted molar refractivity (Wildman–Crippen MR) is 59.8 cm³/mol. The van der Waals surface area contributed by atoms with Gasteiger partial charge in [0, 0.05) is 12.1 Å². The number of hydrogen-bond acceptors (Lipinski definition) is 4. The molecule has 1 heterocycles. The fourth-order valence-corrected chi connectivity index (χ4v) is 1.58. The van der Waals surface area contributed by atoms with Crippen molar-refractivity contribution >= 4 is 5.97 Å². The molecule has 0 aliphatic heterocycles. The van der Waals surface area contributed by atoms with E-state index in [1.807, 2.05) is 6.92 Å². The van der Waals surface area contributed by atoms with Crippen LogP contribution in [0.15, 0.2) is 24.3 Å². The van der Waals surface area contributed by atoms with E-state index in [-0.39, 0.29) is 11.4 Å². The highest BCUT2D eigenvalue weighted by Gasteiger charge is 2.19. The van der Waals surface area contributed by atoms with Crippen molar-refractivity contribution in [3.05, 3.63) is 30.0 Å². The van der Waals surface area contributed by atoms with Gasteiger partial charge in [0.15, 0.2) is 5.69 Å². The van der Waals surface area contributed by atoms with Crippen molar-refractivity contribution in [2.75, 3.05) is 0 Å². The molecule has 0 bridgehead atoms. The fourth-order valence-electron chi connectivity index (χ4n) is 1.58. The van der Waals surface area contributed by atoms with Gasteiger partial charge in [-0.05, 0) is 31.2 Å². The molecule has 6 heteroatoms. The summed E-state index contributed by atoms with van der Waals surface area (Å²) in [5.74, 6) is -0.992. The maximum absolute atomic E-state index is 11.0.